The molecule has 2 heterocycles. The summed E-state index contributed by atoms with van der Waals surface area (Å²) in [6.45, 7) is 7.06. The molecule has 4 heteroatoms. The first-order chi connectivity index (χ1) is 11.0. The SMILES string of the molecule is CC1(C)C2C[C@H]1C[C@H]1OB(Cc3coc4ccccc34)O[C@@]21C. The van der Waals surface area contributed by atoms with Crippen LogP contribution in [0.4, 0.5) is 0 Å². The molecule has 1 aliphatic heterocycles. The standard InChI is InChI=1S/C19H23BO3/c1-18(2)13-8-16(18)19(3)17(9-13)22-20(23-19)10-12-11-21-15-7-5-4-6-14(12)15/h4-7,11,13,16-17H,8-10H2,1-3H3/t13-,16?,17+,19-/m0/s1. The Morgan fingerprint density at radius 2 is 2.00 bits per heavy atom. The molecule has 6 rings (SSSR count). The lowest BCUT2D eigenvalue weighted by Crippen LogP contribution is -2.65. The van der Waals surface area contributed by atoms with E-state index in [0.717, 1.165) is 24.2 Å². The van der Waals surface area contributed by atoms with Crippen LogP contribution in [0.5, 0.6) is 0 Å². The zero-order valence-corrected chi connectivity index (χ0v) is 14.0. The second-order valence-corrected chi connectivity index (χ2v) is 8.36. The first kappa shape index (κ1) is 14.1. The summed E-state index contributed by atoms with van der Waals surface area (Å²) in [4.78, 5) is 0. The zero-order valence-electron chi connectivity index (χ0n) is 14.0. The van der Waals surface area contributed by atoms with Gasteiger partial charge in [-0.2, -0.15) is 0 Å². The normalized spacial score (nSPS) is 37.7. The molecule has 1 aromatic heterocycles. The summed E-state index contributed by atoms with van der Waals surface area (Å²) < 4.78 is 18.5. The molecule has 0 spiro atoms. The highest BCUT2D eigenvalue weighted by Gasteiger charge is 2.67. The average molecular weight is 310 g/mol. The molecule has 4 fully saturated rings. The van der Waals surface area contributed by atoms with Crippen LogP contribution >= 0.6 is 0 Å². The van der Waals surface area contributed by atoms with Crippen LogP contribution < -0.4 is 0 Å². The second-order valence-electron chi connectivity index (χ2n) is 8.36. The quantitative estimate of drug-likeness (QED) is 0.777. The van der Waals surface area contributed by atoms with Crippen LogP contribution in [0.1, 0.15) is 39.2 Å². The van der Waals surface area contributed by atoms with E-state index in [2.05, 4.69) is 32.9 Å². The largest absolute Gasteiger partial charge is 0.464 e. The smallest absolute Gasteiger partial charge is 0.462 e. The molecule has 0 radical (unpaired) electrons. The third-order valence-corrected chi connectivity index (χ3v) is 6.95. The van der Waals surface area contributed by atoms with Crippen molar-refractivity contribution in [2.24, 2.45) is 17.3 Å². The van der Waals surface area contributed by atoms with E-state index in [1.807, 2.05) is 18.4 Å². The predicted molar refractivity (Wildman–Crippen MR) is 90.0 cm³/mol. The fourth-order valence-corrected chi connectivity index (χ4v) is 5.41. The van der Waals surface area contributed by atoms with Crippen molar-refractivity contribution < 1.29 is 13.7 Å². The number of furan rings is 1. The molecule has 3 aliphatic carbocycles. The summed E-state index contributed by atoms with van der Waals surface area (Å²) in [5, 5.41) is 1.17. The Bertz CT molecular complexity index is 767. The molecule has 1 saturated heterocycles. The van der Waals surface area contributed by atoms with E-state index in [4.69, 9.17) is 13.7 Å². The Morgan fingerprint density at radius 3 is 2.83 bits per heavy atom. The minimum Gasteiger partial charge on any atom is -0.464 e. The number of rotatable bonds is 2. The Labute approximate surface area is 137 Å². The maximum absolute atomic E-state index is 6.50. The highest BCUT2D eigenvalue weighted by atomic mass is 16.7. The van der Waals surface area contributed by atoms with Gasteiger partial charge in [-0.05, 0) is 48.6 Å². The van der Waals surface area contributed by atoms with Crippen molar-refractivity contribution in [3.05, 3.63) is 36.1 Å². The summed E-state index contributed by atoms with van der Waals surface area (Å²) in [5.41, 5.74) is 2.39. The lowest BCUT2D eigenvalue weighted by molar-refractivity contribution is -0.199. The van der Waals surface area contributed by atoms with Crippen molar-refractivity contribution in [3.8, 4) is 0 Å². The van der Waals surface area contributed by atoms with E-state index >= 15 is 0 Å². The van der Waals surface area contributed by atoms with Crippen LogP contribution in [-0.2, 0) is 15.6 Å². The van der Waals surface area contributed by atoms with Crippen LogP contribution in [0.15, 0.2) is 34.9 Å². The van der Waals surface area contributed by atoms with E-state index in [9.17, 15) is 0 Å². The average Bonchev–Trinajstić information content (AvgIpc) is 3.07. The second kappa shape index (κ2) is 4.43. The summed E-state index contributed by atoms with van der Waals surface area (Å²) in [6, 6.07) is 8.17. The highest BCUT2D eigenvalue weighted by molar-refractivity contribution is 6.45. The zero-order chi connectivity index (χ0) is 15.8. The minimum absolute atomic E-state index is 0.123. The molecule has 2 bridgehead atoms. The molecule has 0 amide bonds. The van der Waals surface area contributed by atoms with Gasteiger partial charge in [-0.1, -0.05) is 32.0 Å². The summed E-state index contributed by atoms with van der Waals surface area (Å²) in [6.07, 6.45) is 5.31. The molecule has 0 N–H and O–H groups in total. The maximum Gasteiger partial charge on any atom is 0.462 e. The minimum atomic E-state index is -0.152. The van der Waals surface area contributed by atoms with Gasteiger partial charge in [0.1, 0.15) is 5.58 Å². The van der Waals surface area contributed by atoms with E-state index in [1.165, 1.54) is 17.4 Å². The summed E-state index contributed by atoms with van der Waals surface area (Å²) >= 11 is 0. The van der Waals surface area contributed by atoms with E-state index in [-0.39, 0.29) is 18.8 Å². The van der Waals surface area contributed by atoms with Crippen LogP contribution in [-0.4, -0.2) is 18.8 Å². The van der Waals surface area contributed by atoms with Crippen molar-refractivity contribution in [1.29, 1.82) is 0 Å². The summed E-state index contributed by atoms with van der Waals surface area (Å²) in [7, 11) is -0.152. The number of fused-ring (bicyclic) bond motifs is 1. The third-order valence-electron chi connectivity index (χ3n) is 6.95. The van der Waals surface area contributed by atoms with E-state index in [0.29, 0.717) is 11.3 Å². The molecule has 3 saturated carbocycles. The van der Waals surface area contributed by atoms with E-state index in [1.54, 1.807) is 0 Å². The van der Waals surface area contributed by atoms with Crippen molar-refractivity contribution in [3.63, 3.8) is 0 Å². The first-order valence-corrected chi connectivity index (χ1v) is 8.77. The molecular weight excluding hydrogens is 287 g/mol. The topological polar surface area (TPSA) is 31.6 Å². The van der Waals surface area contributed by atoms with Crippen molar-refractivity contribution in [1.82, 2.24) is 0 Å². The number of para-hydroxylation sites is 1. The Kier molecular flexibility index (Phi) is 2.72. The van der Waals surface area contributed by atoms with Gasteiger partial charge in [-0.25, -0.2) is 0 Å². The number of benzene rings is 1. The van der Waals surface area contributed by atoms with Gasteiger partial charge in [0.15, 0.2) is 0 Å². The fourth-order valence-electron chi connectivity index (χ4n) is 5.41. The summed E-state index contributed by atoms with van der Waals surface area (Å²) in [5.74, 6) is 1.41. The monoisotopic (exact) mass is 310 g/mol. The van der Waals surface area contributed by atoms with Crippen LogP contribution in [0, 0.1) is 17.3 Å². The lowest BCUT2D eigenvalue weighted by atomic mass is 9.43. The van der Waals surface area contributed by atoms with Gasteiger partial charge in [-0.15, -0.1) is 0 Å². The highest BCUT2D eigenvalue weighted by Crippen LogP contribution is 2.65. The molecule has 120 valence electrons. The predicted octanol–water partition coefficient (Wildman–Crippen LogP) is 4.24. The molecule has 2 aromatic rings. The van der Waals surface area contributed by atoms with Crippen LogP contribution in [0.2, 0.25) is 0 Å². The van der Waals surface area contributed by atoms with Crippen molar-refractivity contribution in [2.45, 2.75) is 51.6 Å². The fraction of sp³-hybridized carbons (Fsp3) is 0.579. The van der Waals surface area contributed by atoms with Gasteiger partial charge in [0.25, 0.3) is 0 Å². The molecule has 1 aromatic carbocycles. The third kappa shape index (κ3) is 1.79. The first-order valence-electron chi connectivity index (χ1n) is 8.77. The van der Waals surface area contributed by atoms with Gasteiger partial charge in [-0.3, -0.25) is 0 Å². The Balaban J connectivity index is 1.40. The molecular formula is C19H23BO3. The van der Waals surface area contributed by atoms with E-state index < -0.39 is 0 Å². The van der Waals surface area contributed by atoms with Gasteiger partial charge in [0.05, 0.1) is 18.0 Å². The van der Waals surface area contributed by atoms with Crippen molar-refractivity contribution in [2.75, 3.05) is 0 Å². The van der Waals surface area contributed by atoms with Gasteiger partial charge in [0.2, 0.25) is 0 Å². The van der Waals surface area contributed by atoms with Gasteiger partial charge < -0.3 is 13.7 Å². The maximum atomic E-state index is 6.50. The molecule has 4 aliphatic rings. The van der Waals surface area contributed by atoms with Crippen LogP contribution in [0.25, 0.3) is 11.0 Å². The molecule has 1 unspecified atom stereocenters. The molecule has 4 atom stereocenters. The lowest BCUT2D eigenvalue weighted by Gasteiger charge is -2.64. The number of hydrogen-bond donors (Lipinski definition) is 0. The Hall–Kier alpha value is -1.26. The van der Waals surface area contributed by atoms with Crippen molar-refractivity contribution >= 4 is 18.1 Å². The van der Waals surface area contributed by atoms with Gasteiger partial charge >= 0.3 is 7.12 Å². The molecule has 3 nitrogen and oxygen atoms in total. The van der Waals surface area contributed by atoms with Gasteiger partial charge in [0, 0.05) is 11.7 Å². The van der Waals surface area contributed by atoms with Crippen LogP contribution in [0.3, 0.4) is 0 Å². The molecule has 23 heavy (non-hydrogen) atoms. The number of hydrogen-bond acceptors (Lipinski definition) is 3. The Morgan fingerprint density at radius 1 is 1.17 bits per heavy atom.